The van der Waals surface area contributed by atoms with Crippen molar-refractivity contribution in [2.75, 3.05) is 13.1 Å². The third kappa shape index (κ3) is 4.77. The molecule has 2 rings (SSSR count). The van der Waals surface area contributed by atoms with E-state index >= 15 is 0 Å². The SMILES string of the molecule is N#Cc1ncccc1S(=O)(=O)NCCNC1CCCCCC1. The van der Waals surface area contributed by atoms with Crippen molar-refractivity contribution in [2.45, 2.75) is 49.5 Å². The summed E-state index contributed by atoms with van der Waals surface area (Å²) in [5, 5.41) is 12.3. The normalized spacial score (nSPS) is 16.9. The maximum atomic E-state index is 12.2. The number of nitriles is 1. The Bertz CT molecular complexity index is 617. The van der Waals surface area contributed by atoms with Crippen LogP contribution in [0.4, 0.5) is 0 Å². The molecule has 0 aromatic carbocycles. The molecule has 120 valence electrons. The molecule has 1 fully saturated rings. The van der Waals surface area contributed by atoms with Gasteiger partial charge >= 0.3 is 0 Å². The minimum Gasteiger partial charge on any atom is -0.313 e. The molecule has 1 aromatic rings. The lowest BCUT2D eigenvalue weighted by molar-refractivity contribution is 0.461. The van der Waals surface area contributed by atoms with E-state index in [0.29, 0.717) is 19.1 Å². The Morgan fingerprint density at radius 2 is 1.95 bits per heavy atom. The van der Waals surface area contributed by atoms with Crippen molar-refractivity contribution in [3.63, 3.8) is 0 Å². The van der Waals surface area contributed by atoms with Gasteiger partial charge in [0.2, 0.25) is 10.0 Å². The van der Waals surface area contributed by atoms with E-state index in [-0.39, 0.29) is 10.6 Å². The topological polar surface area (TPSA) is 94.9 Å². The van der Waals surface area contributed by atoms with E-state index in [0.717, 1.165) is 12.8 Å². The van der Waals surface area contributed by atoms with Gasteiger partial charge in [-0.3, -0.25) is 0 Å². The molecule has 1 aliphatic rings. The molecule has 0 aliphatic heterocycles. The van der Waals surface area contributed by atoms with E-state index in [2.05, 4.69) is 15.0 Å². The highest BCUT2D eigenvalue weighted by atomic mass is 32.2. The van der Waals surface area contributed by atoms with Gasteiger partial charge in [0.05, 0.1) is 0 Å². The van der Waals surface area contributed by atoms with Crippen LogP contribution in [0, 0.1) is 11.3 Å². The number of hydrogen-bond donors (Lipinski definition) is 2. The predicted molar refractivity (Wildman–Crippen MR) is 83.6 cm³/mol. The average Bonchev–Trinajstić information content (AvgIpc) is 2.80. The van der Waals surface area contributed by atoms with Crippen LogP contribution in [0.2, 0.25) is 0 Å². The number of rotatable bonds is 6. The summed E-state index contributed by atoms with van der Waals surface area (Å²) in [6.45, 7) is 0.893. The number of nitrogens with zero attached hydrogens (tertiary/aromatic N) is 2. The zero-order valence-corrected chi connectivity index (χ0v) is 13.4. The molecule has 1 aliphatic carbocycles. The predicted octanol–water partition coefficient (Wildman–Crippen LogP) is 1.54. The molecule has 7 heteroatoms. The lowest BCUT2D eigenvalue weighted by Crippen LogP contribution is -2.37. The molecule has 0 saturated heterocycles. The minimum atomic E-state index is -3.69. The quantitative estimate of drug-likeness (QED) is 0.612. The Hall–Kier alpha value is -1.49. The number of nitrogens with one attached hydrogen (secondary N) is 2. The number of aromatic nitrogens is 1. The third-order valence-corrected chi connectivity index (χ3v) is 5.36. The van der Waals surface area contributed by atoms with Crippen molar-refractivity contribution in [2.24, 2.45) is 0 Å². The first-order valence-corrected chi connectivity index (χ1v) is 9.20. The van der Waals surface area contributed by atoms with Gasteiger partial charge in [-0.25, -0.2) is 18.1 Å². The largest absolute Gasteiger partial charge is 0.313 e. The Morgan fingerprint density at radius 3 is 2.64 bits per heavy atom. The van der Waals surface area contributed by atoms with E-state index in [1.807, 2.05) is 0 Å². The minimum absolute atomic E-state index is 0.0630. The van der Waals surface area contributed by atoms with Crippen LogP contribution in [0.5, 0.6) is 0 Å². The molecule has 0 unspecified atom stereocenters. The summed E-state index contributed by atoms with van der Waals surface area (Å²) in [6, 6.07) is 5.20. The standard InChI is InChI=1S/C15H22N4O2S/c16-12-14-15(8-5-9-18-14)22(20,21)19-11-10-17-13-6-3-1-2-4-7-13/h5,8-9,13,17,19H,1-4,6-7,10-11H2. The van der Waals surface area contributed by atoms with E-state index in [4.69, 9.17) is 5.26 Å². The van der Waals surface area contributed by atoms with Crippen molar-refractivity contribution < 1.29 is 8.42 Å². The number of hydrogen-bond acceptors (Lipinski definition) is 5. The summed E-state index contributed by atoms with van der Waals surface area (Å²) in [6.07, 6.45) is 8.80. The van der Waals surface area contributed by atoms with Crippen LogP contribution in [-0.2, 0) is 10.0 Å². The number of pyridine rings is 1. The van der Waals surface area contributed by atoms with E-state index in [9.17, 15) is 8.42 Å². The molecule has 0 amide bonds. The molecule has 2 N–H and O–H groups in total. The molecular formula is C15H22N4O2S. The van der Waals surface area contributed by atoms with E-state index in [1.54, 1.807) is 6.07 Å². The van der Waals surface area contributed by atoms with Crippen LogP contribution in [0.3, 0.4) is 0 Å². The van der Waals surface area contributed by atoms with Crippen molar-refractivity contribution in [3.05, 3.63) is 24.0 Å². The van der Waals surface area contributed by atoms with Gasteiger partial charge in [-0.05, 0) is 25.0 Å². The van der Waals surface area contributed by atoms with Crippen LogP contribution in [0.15, 0.2) is 23.2 Å². The molecule has 22 heavy (non-hydrogen) atoms. The van der Waals surface area contributed by atoms with E-state index < -0.39 is 10.0 Å². The zero-order valence-electron chi connectivity index (χ0n) is 12.6. The second-order valence-electron chi connectivity index (χ2n) is 5.50. The van der Waals surface area contributed by atoms with Crippen LogP contribution in [0.25, 0.3) is 0 Å². The first-order valence-electron chi connectivity index (χ1n) is 7.71. The van der Waals surface area contributed by atoms with Gasteiger partial charge in [-0.1, -0.05) is 25.7 Å². The molecule has 0 bridgehead atoms. The molecule has 1 heterocycles. The lowest BCUT2D eigenvalue weighted by Gasteiger charge is -2.16. The van der Waals surface area contributed by atoms with Crippen LogP contribution >= 0.6 is 0 Å². The van der Waals surface area contributed by atoms with Crippen molar-refractivity contribution in [1.82, 2.24) is 15.0 Å². The first kappa shape index (κ1) is 16.9. The molecule has 1 aromatic heterocycles. The molecule has 6 nitrogen and oxygen atoms in total. The summed E-state index contributed by atoms with van der Waals surface area (Å²) in [4.78, 5) is 3.72. The molecule has 0 radical (unpaired) electrons. The average molecular weight is 322 g/mol. The van der Waals surface area contributed by atoms with Gasteiger partial charge in [0.1, 0.15) is 11.0 Å². The van der Waals surface area contributed by atoms with Crippen molar-refractivity contribution in [3.8, 4) is 6.07 Å². The fourth-order valence-electron chi connectivity index (χ4n) is 2.71. The van der Waals surface area contributed by atoms with Gasteiger partial charge in [-0.15, -0.1) is 0 Å². The fourth-order valence-corrected chi connectivity index (χ4v) is 3.85. The highest BCUT2D eigenvalue weighted by Crippen LogP contribution is 2.17. The third-order valence-electron chi connectivity index (χ3n) is 3.87. The van der Waals surface area contributed by atoms with Gasteiger partial charge in [0.15, 0.2) is 5.69 Å². The molecule has 0 atom stereocenters. The fraction of sp³-hybridized carbons (Fsp3) is 0.600. The van der Waals surface area contributed by atoms with E-state index in [1.165, 1.54) is 44.0 Å². The van der Waals surface area contributed by atoms with Gasteiger partial charge in [-0.2, -0.15) is 5.26 Å². The maximum absolute atomic E-state index is 12.2. The highest BCUT2D eigenvalue weighted by molar-refractivity contribution is 7.89. The molecule has 0 spiro atoms. The Morgan fingerprint density at radius 1 is 1.23 bits per heavy atom. The summed E-state index contributed by atoms with van der Waals surface area (Å²) >= 11 is 0. The lowest BCUT2D eigenvalue weighted by atomic mass is 10.1. The monoisotopic (exact) mass is 322 g/mol. The Labute approximate surface area is 132 Å². The summed E-state index contributed by atoms with van der Waals surface area (Å²) in [5.41, 5.74) is -0.0771. The second kappa shape index (κ2) is 8.22. The smallest absolute Gasteiger partial charge is 0.243 e. The van der Waals surface area contributed by atoms with Gasteiger partial charge in [0.25, 0.3) is 0 Å². The van der Waals surface area contributed by atoms with Crippen molar-refractivity contribution in [1.29, 1.82) is 5.26 Å². The van der Waals surface area contributed by atoms with Gasteiger partial charge < -0.3 is 5.32 Å². The summed E-state index contributed by atoms with van der Waals surface area (Å²) in [7, 11) is -3.69. The van der Waals surface area contributed by atoms with Crippen LogP contribution in [0.1, 0.15) is 44.2 Å². The molecule has 1 saturated carbocycles. The van der Waals surface area contributed by atoms with Gasteiger partial charge in [0, 0.05) is 25.3 Å². The maximum Gasteiger partial charge on any atom is 0.243 e. The summed E-state index contributed by atoms with van der Waals surface area (Å²) in [5.74, 6) is 0. The van der Waals surface area contributed by atoms with Crippen molar-refractivity contribution >= 4 is 10.0 Å². The Kier molecular flexibility index (Phi) is 6.31. The highest BCUT2D eigenvalue weighted by Gasteiger charge is 2.19. The Balaban J connectivity index is 1.84. The first-order chi connectivity index (χ1) is 10.6. The zero-order chi connectivity index (χ0) is 15.8. The summed E-state index contributed by atoms with van der Waals surface area (Å²) < 4.78 is 26.9. The second-order valence-corrected chi connectivity index (χ2v) is 7.24. The van der Waals surface area contributed by atoms with Crippen LogP contribution in [-0.4, -0.2) is 32.5 Å². The van der Waals surface area contributed by atoms with Crippen LogP contribution < -0.4 is 10.0 Å². The number of sulfonamides is 1. The molecular weight excluding hydrogens is 300 g/mol.